The van der Waals surface area contributed by atoms with Crippen LogP contribution in [0.4, 0.5) is 0 Å². The van der Waals surface area contributed by atoms with Gasteiger partial charge in [0, 0.05) is 20.7 Å². The largest absolute Gasteiger partial charge is 0.480 e. The van der Waals surface area contributed by atoms with Crippen LogP contribution < -0.4 is 4.74 Å². The van der Waals surface area contributed by atoms with Crippen molar-refractivity contribution in [1.29, 1.82) is 0 Å². The van der Waals surface area contributed by atoms with Crippen LogP contribution in [0, 0.1) is 13.8 Å². The predicted octanol–water partition coefficient (Wildman–Crippen LogP) is 2.00. The van der Waals surface area contributed by atoms with E-state index in [0.717, 1.165) is 17.0 Å². The molecule has 6 heteroatoms. The van der Waals surface area contributed by atoms with Crippen molar-refractivity contribution in [1.82, 2.24) is 14.7 Å². The zero-order valence-electron chi connectivity index (χ0n) is 14.7. The van der Waals surface area contributed by atoms with Gasteiger partial charge < -0.3 is 14.7 Å². The monoisotopic (exact) mass is 331 g/mol. The number of amides is 1. The molecule has 0 aliphatic rings. The lowest BCUT2D eigenvalue weighted by molar-refractivity contribution is -0.134. The number of aryl methyl sites for hydroxylation is 2. The Labute approximate surface area is 142 Å². The van der Waals surface area contributed by atoms with E-state index in [9.17, 15) is 9.90 Å². The van der Waals surface area contributed by atoms with E-state index in [0.29, 0.717) is 12.2 Å². The molecule has 1 atom stereocenters. The highest BCUT2D eigenvalue weighted by atomic mass is 16.5. The van der Waals surface area contributed by atoms with Crippen LogP contribution in [0.25, 0.3) is 0 Å². The molecule has 0 aliphatic carbocycles. The van der Waals surface area contributed by atoms with E-state index < -0.39 is 0 Å². The van der Waals surface area contributed by atoms with Gasteiger partial charge in [0.1, 0.15) is 5.69 Å². The summed E-state index contributed by atoms with van der Waals surface area (Å²) in [7, 11) is 3.58. The standard InChI is InChI=1S/C18H25N3O3/c1-13-18(14(2)21(4)19-13)24-12-17(23)20(3)16(10-11-22)15-8-6-5-7-9-15/h5-9,16,22H,10-12H2,1-4H3. The molecule has 0 saturated heterocycles. The first-order chi connectivity index (χ1) is 11.5. The lowest BCUT2D eigenvalue weighted by atomic mass is 10.0. The van der Waals surface area contributed by atoms with E-state index in [4.69, 9.17) is 4.74 Å². The van der Waals surface area contributed by atoms with Gasteiger partial charge >= 0.3 is 0 Å². The molecule has 1 aromatic heterocycles. The molecule has 0 bridgehead atoms. The molecule has 0 radical (unpaired) electrons. The first-order valence-corrected chi connectivity index (χ1v) is 8.00. The summed E-state index contributed by atoms with van der Waals surface area (Å²) in [6.45, 7) is 3.72. The average Bonchev–Trinajstić information content (AvgIpc) is 2.83. The van der Waals surface area contributed by atoms with Gasteiger partial charge in [-0.15, -0.1) is 0 Å². The second kappa shape index (κ2) is 7.97. The van der Waals surface area contributed by atoms with Crippen molar-refractivity contribution in [2.75, 3.05) is 20.3 Å². The Morgan fingerprint density at radius 2 is 2.00 bits per heavy atom. The summed E-state index contributed by atoms with van der Waals surface area (Å²) >= 11 is 0. The molecule has 130 valence electrons. The molecule has 0 fully saturated rings. The number of aliphatic hydroxyl groups excluding tert-OH is 1. The molecule has 1 unspecified atom stereocenters. The summed E-state index contributed by atoms with van der Waals surface area (Å²) in [5.41, 5.74) is 2.65. The fourth-order valence-corrected chi connectivity index (χ4v) is 2.75. The topological polar surface area (TPSA) is 67.6 Å². The molecule has 1 heterocycles. The molecule has 2 aromatic rings. The summed E-state index contributed by atoms with van der Waals surface area (Å²) in [5.74, 6) is 0.512. The summed E-state index contributed by atoms with van der Waals surface area (Å²) in [6, 6.07) is 9.52. The molecule has 1 aromatic carbocycles. The lowest BCUT2D eigenvalue weighted by Gasteiger charge is -2.28. The lowest BCUT2D eigenvalue weighted by Crippen LogP contribution is -2.35. The molecule has 24 heavy (non-hydrogen) atoms. The van der Waals surface area contributed by atoms with Crippen molar-refractivity contribution < 1.29 is 14.6 Å². The molecular weight excluding hydrogens is 306 g/mol. The van der Waals surface area contributed by atoms with E-state index in [2.05, 4.69) is 5.10 Å². The van der Waals surface area contributed by atoms with Gasteiger partial charge in [-0.05, 0) is 25.8 Å². The van der Waals surface area contributed by atoms with Crippen LogP contribution in [0.1, 0.15) is 29.4 Å². The second-order valence-electron chi connectivity index (χ2n) is 5.86. The predicted molar refractivity (Wildman–Crippen MR) is 91.8 cm³/mol. The quantitative estimate of drug-likeness (QED) is 0.842. The number of aromatic nitrogens is 2. The molecule has 0 spiro atoms. The van der Waals surface area contributed by atoms with Gasteiger partial charge in [0.25, 0.3) is 5.91 Å². The third-order valence-electron chi connectivity index (χ3n) is 4.23. The summed E-state index contributed by atoms with van der Waals surface area (Å²) in [5, 5.41) is 13.6. The number of nitrogens with zero attached hydrogens (tertiary/aromatic N) is 3. The zero-order chi connectivity index (χ0) is 17.7. The Balaban J connectivity index is 2.07. The van der Waals surface area contributed by atoms with Crippen molar-refractivity contribution in [3.8, 4) is 5.75 Å². The van der Waals surface area contributed by atoms with Crippen molar-refractivity contribution in [3.05, 3.63) is 47.3 Å². The average molecular weight is 331 g/mol. The van der Waals surface area contributed by atoms with Crippen molar-refractivity contribution in [3.63, 3.8) is 0 Å². The maximum absolute atomic E-state index is 12.5. The Morgan fingerprint density at radius 1 is 1.33 bits per heavy atom. The highest BCUT2D eigenvalue weighted by Gasteiger charge is 2.22. The van der Waals surface area contributed by atoms with Crippen LogP contribution in [-0.4, -0.2) is 46.0 Å². The van der Waals surface area contributed by atoms with E-state index in [1.165, 1.54) is 0 Å². The van der Waals surface area contributed by atoms with E-state index >= 15 is 0 Å². The zero-order valence-corrected chi connectivity index (χ0v) is 14.7. The Hall–Kier alpha value is -2.34. The number of carbonyl (C=O) groups excluding carboxylic acids is 1. The molecular formula is C18H25N3O3. The number of rotatable bonds is 7. The van der Waals surface area contributed by atoms with Crippen LogP contribution in [-0.2, 0) is 11.8 Å². The van der Waals surface area contributed by atoms with Crippen molar-refractivity contribution in [2.45, 2.75) is 26.3 Å². The van der Waals surface area contributed by atoms with Gasteiger partial charge in [0.2, 0.25) is 0 Å². The first-order valence-electron chi connectivity index (χ1n) is 8.00. The minimum absolute atomic E-state index is 0.0128. The van der Waals surface area contributed by atoms with Gasteiger partial charge in [-0.2, -0.15) is 5.10 Å². The van der Waals surface area contributed by atoms with Crippen LogP contribution in [0.15, 0.2) is 30.3 Å². The number of aliphatic hydroxyl groups is 1. The maximum Gasteiger partial charge on any atom is 0.260 e. The Kier molecular flexibility index (Phi) is 5.98. The summed E-state index contributed by atoms with van der Waals surface area (Å²) in [4.78, 5) is 14.2. The molecule has 0 aliphatic heterocycles. The van der Waals surface area contributed by atoms with E-state index in [1.54, 1.807) is 16.6 Å². The summed E-state index contributed by atoms with van der Waals surface area (Å²) < 4.78 is 7.43. The number of ether oxygens (including phenoxy) is 1. The minimum atomic E-state index is -0.177. The molecule has 0 saturated carbocycles. The maximum atomic E-state index is 12.5. The fraction of sp³-hybridized carbons (Fsp3) is 0.444. The van der Waals surface area contributed by atoms with Crippen LogP contribution in [0.2, 0.25) is 0 Å². The van der Waals surface area contributed by atoms with E-state index in [-0.39, 0.29) is 25.2 Å². The van der Waals surface area contributed by atoms with Gasteiger partial charge in [-0.25, -0.2) is 0 Å². The third kappa shape index (κ3) is 3.94. The fourth-order valence-electron chi connectivity index (χ4n) is 2.75. The molecule has 6 nitrogen and oxygen atoms in total. The van der Waals surface area contributed by atoms with Gasteiger partial charge in [0.05, 0.1) is 11.7 Å². The first kappa shape index (κ1) is 18.0. The van der Waals surface area contributed by atoms with E-state index in [1.807, 2.05) is 51.2 Å². The number of hydrogen-bond acceptors (Lipinski definition) is 4. The Bertz CT molecular complexity index is 682. The van der Waals surface area contributed by atoms with Crippen molar-refractivity contribution in [2.24, 2.45) is 7.05 Å². The van der Waals surface area contributed by atoms with Crippen LogP contribution in [0.5, 0.6) is 5.75 Å². The number of carbonyl (C=O) groups is 1. The van der Waals surface area contributed by atoms with Gasteiger partial charge in [-0.1, -0.05) is 30.3 Å². The number of likely N-dealkylation sites (N-methyl/N-ethyl adjacent to an activating group) is 1. The normalized spacial score (nSPS) is 12.0. The van der Waals surface area contributed by atoms with Gasteiger partial charge in [0.15, 0.2) is 12.4 Å². The second-order valence-corrected chi connectivity index (χ2v) is 5.86. The molecule has 1 amide bonds. The SMILES string of the molecule is Cc1nn(C)c(C)c1OCC(=O)N(C)C(CCO)c1ccccc1. The summed E-state index contributed by atoms with van der Waals surface area (Å²) in [6.07, 6.45) is 0.483. The highest BCUT2D eigenvalue weighted by molar-refractivity contribution is 5.78. The number of hydrogen-bond donors (Lipinski definition) is 1. The highest BCUT2D eigenvalue weighted by Crippen LogP contribution is 2.24. The van der Waals surface area contributed by atoms with Crippen LogP contribution in [0.3, 0.4) is 0 Å². The van der Waals surface area contributed by atoms with Gasteiger partial charge in [-0.3, -0.25) is 9.48 Å². The number of benzene rings is 1. The Morgan fingerprint density at radius 3 is 2.54 bits per heavy atom. The third-order valence-corrected chi connectivity index (χ3v) is 4.23. The van der Waals surface area contributed by atoms with Crippen molar-refractivity contribution >= 4 is 5.91 Å². The smallest absolute Gasteiger partial charge is 0.260 e. The minimum Gasteiger partial charge on any atom is -0.480 e. The van der Waals surface area contributed by atoms with Crippen LogP contribution >= 0.6 is 0 Å². The molecule has 1 N–H and O–H groups in total. The molecule has 2 rings (SSSR count).